The second-order valence-corrected chi connectivity index (χ2v) is 8.81. The number of carbonyl (C=O) groups is 2. The lowest BCUT2D eigenvalue weighted by Crippen LogP contribution is -2.33. The van der Waals surface area contributed by atoms with Crippen molar-refractivity contribution in [3.05, 3.63) is 54.1 Å². The zero-order valence-corrected chi connectivity index (χ0v) is 19.0. The molecule has 0 spiro atoms. The number of thioether (sulfide) groups is 1. The fraction of sp³-hybridized carbons (Fsp3) is 0.375. The van der Waals surface area contributed by atoms with E-state index in [1.807, 2.05) is 36.4 Å². The first-order valence-electron chi connectivity index (χ1n) is 10.9. The van der Waals surface area contributed by atoms with E-state index in [2.05, 4.69) is 20.2 Å². The highest BCUT2D eigenvalue weighted by Crippen LogP contribution is 2.25. The number of nitrogens with one attached hydrogen (secondary N) is 2. The van der Waals surface area contributed by atoms with Gasteiger partial charge in [-0.3, -0.25) is 9.59 Å². The number of imidazole rings is 1. The topological polar surface area (TPSA) is 85.2 Å². The maximum absolute atomic E-state index is 12.7. The Morgan fingerprint density at radius 3 is 2.69 bits per heavy atom. The number of benzene rings is 2. The Kier molecular flexibility index (Phi) is 7.44. The van der Waals surface area contributed by atoms with Gasteiger partial charge in [-0.25, -0.2) is 4.98 Å². The molecule has 1 fully saturated rings. The summed E-state index contributed by atoms with van der Waals surface area (Å²) in [6, 6.07) is 15.3. The molecule has 1 saturated carbocycles. The van der Waals surface area contributed by atoms with Crippen LogP contribution in [0.1, 0.15) is 36.0 Å². The van der Waals surface area contributed by atoms with Gasteiger partial charge in [0.25, 0.3) is 5.91 Å². The number of fused-ring (bicyclic) bond motifs is 1. The van der Waals surface area contributed by atoms with Crippen molar-refractivity contribution in [1.82, 2.24) is 14.9 Å². The maximum Gasteiger partial charge on any atom is 0.253 e. The van der Waals surface area contributed by atoms with Gasteiger partial charge >= 0.3 is 0 Å². The third kappa shape index (κ3) is 5.31. The first kappa shape index (κ1) is 22.4. The van der Waals surface area contributed by atoms with E-state index < -0.39 is 0 Å². The monoisotopic (exact) mass is 452 g/mol. The van der Waals surface area contributed by atoms with Crippen molar-refractivity contribution < 1.29 is 14.3 Å². The Labute approximate surface area is 191 Å². The molecule has 0 saturated heterocycles. The summed E-state index contributed by atoms with van der Waals surface area (Å²) in [5.74, 6) is -0.127. The quantitative estimate of drug-likeness (QED) is 0.478. The van der Waals surface area contributed by atoms with Gasteiger partial charge in [-0.15, -0.1) is 0 Å². The molecule has 0 unspecified atom stereocenters. The molecule has 168 valence electrons. The number of anilines is 1. The SMILES string of the molecule is COCCn1c(SCC(=O)Nc2ccccc2C(=O)NC2CCCC2)nc2ccccc21. The van der Waals surface area contributed by atoms with Crippen molar-refractivity contribution in [3.8, 4) is 0 Å². The molecule has 0 bridgehead atoms. The Morgan fingerprint density at radius 2 is 1.88 bits per heavy atom. The van der Waals surface area contributed by atoms with Crippen LogP contribution in [0.3, 0.4) is 0 Å². The van der Waals surface area contributed by atoms with Gasteiger partial charge in [0.2, 0.25) is 5.91 Å². The molecule has 2 amide bonds. The lowest BCUT2D eigenvalue weighted by atomic mass is 10.1. The zero-order valence-electron chi connectivity index (χ0n) is 18.2. The molecule has 2 N–H and O–H groups in total. The smallest absolute Gasteiger partial charge is 0.253 e. The van der Waals surface area contributed by atoms with Gasteiger partial charge in [0.05, 0.1) is 34.6 Å². The van der Waals surface area contributed by atoms with E-state index in [9.17, 15) is 9.59 Å². The first-order chi connectivity index (χ1) is 15.7. The lowest BCUT2D eigenvalue weighted by molar-refractivity contribution is -0.113. The van der Waals surface area contributed by atoms with Crippen LogP contribution in [0.2, 0.25) is 0 Å². The molecular weight excluding hydrogens is 424 g/mol. The van der Waals surface area contributed by atoms with Crippen LogP contribution in [-0.2, 0) is 16.1 Å². The van der Waals surface area contributed by atoms with Crippen molar-refractivity contribution in [2.24, 2.45) is 0 Å². The second kappa shape index (κ2) is 10.7. The Morgan fingerprint density at radius 1 is 1.12 bits per heavy atom. The fourth-order valence-electron chi connectivity index (χ4n) is 4.00. The van der Waals surface area contributed by atoms with E-state index >= 15 is 0 Å². The molecule has 7 nitrogen and oxygen atoms in total. The minimum atomic E-state index is -0.179. The number of ether oxygens (including phenoxy) is 1. The molecule has 2 aromatic carbocycles. The van der Waals surface area contributed by atoms with E-state index in [1.165, 1.54) is 11.8 Å². The van der Waals surface area contributed by atoms with Gasteiger partial charge in [0, 0.05) is 19.7 Å². The largest absolute Gasteiger partial charge is 0.383 e. The van der Waals surface area contributed by atoms with Crippen LogP contribution in [-0.4, -0.2) is 46.9 Å². The molecule has 1 aromatic heterocycles. The van der Waals surface area contributed by atoms with Crippen LogP contribution < -0.4 is 10.6 Å². The third-order valence-electron chi connectivity index (χ3n) is 5.61. The zero-order chi connectivity index (χ0) is 22.3. The number of hydrogen-bond donors (Lipinski definition) is 2. The Bertz CT molecular complexity index is 1090. The number of methoxy groups -OCH3 is 1. The molecule has 4 rings (SSSR count). The summed E-state index contributed by atoms with van der Waals surface area (Å²) in [4.78, 5) is 30.1. The van der Waals surface area contributed by atoms with Crippen molar-refractivity contribution in [3.63, 3.8) is 0 Å². The molecule has 1 aliphatic carbocycles. The Hall–Kier alpha value is -2.84. The van der Waals surface area contributed by atoms with Crippen molar-refractivity contribution >= 4 is 40.3 Å². The molecule has 3 aromatic rings. The summed E-state index contributed by atoms with van der Waals surface area (Å²) in [5, 5.41) is 6.76. The van der Waals surface area contributed by atoms with Crippen LogP contribution in [0, 0.1) is 0 Å². The standard InChI is InChI=1S/C24H28N4O3S/c1-31-15-14-28-21-13-7-6-12-20(21)27-24(28)32-16-22(29)26-19-11-5-4-10-18(19)23(30)25-17-8-2-3-9-17/h4-7,10-13,17H,2-3,8-9,14-16H2,1H3,(H,25,30)(H,26,29). The normalized spacial score (nSPS) is 14.0. The summed E-state index contributed by atoms with van der Waals surface area (Å²) < 4.78 is 7.30. The van der Waals surface area contributed by atoms with Crippen molar-refractivity contribution in [2.75, 3.05) is 24.8 Å². The lowest BCUT2D eigenvalue weighted by Gasteiger charge is -2.15. The van der Waals surface area contributed by atoms with E-state index in [0.717, 1.165) is 41.9 Å². The fourth-order valence-corrected chi connectivity index (χ4v) is 4.84. The summed E-state index contributed by atoms with van der Waals surface area (Å²) in [6.45, 7) is 1.22. The summed E-state index contributed by atoms with van der Waals surface area (Å²) in [5.41, 5.74) is 2.92. The van der Waals surface area contributed by atoms with E-state index in [-0.39, 0.29) is 23.6 Å². The highest BCUT2D eigenvalue weighted by atomic mass is 32.2. The summed E-state index contributed by atoms with van der Waals surface area (Å²) in [7, 11) is 1.67. The van der Waals surface area contributed by atoms with Crippen molar-refractivity contribution in [1.29, 1.82) is 0 Å². The highest BCUT2D eigenvalue weighted by molar-refractivity contribution is 7.99. The predicted octanol–water partition coefficient (Wildman–Crippen LogP) is 4.09. The second-order valence-electron chi connectivity index (χ2n) is 7.86. The number of para-hydroxylation sites is 3. The van der Waals surface area contributed by atoms with Crippen LogP contribution in [0.5, 0.6) is 0 Å². The van der Waals surface area contributed by atoms with Crippen LogP contribution in [0.25, 0.3) is 11.0 Å². The summed E-state index contributed by atoms with van der Waals surface area (Å²) in [6.07, 6.45) is 4.33. The van der Waals surface area contributed by atoms with Gasteiger partial charge < -0.3 is 19.9 Å². The van der Waals surface area contributed by atoms with Crippen molar-refractivity contribution in [2.45, 2.75) is 43.4 Å². The first-order valence-corrected chi connectivity index (χ1v) is 11.9. The van der Waals surface area contributed by atoms with E-state index in [4.69, 9.17) is 4.74 Å². The number of nitrogens with zero attached hydrogens (tertiary/aromatic N) is 2. The molecule has 8 heteroatoms. The van der Waals surface area contributed by atoms with Gasteiger partial charge in [-0.05, 0) is 37.1 Å². The average Bonchev–Trinajstić information content (AvgIpc) is 3.44. The van der Waals surface area contributed by atoms with Gasteiger partial charge in [0.1, 0.15) is 0 Å². The third-order valence-corrected chi connectivity index (χ3v) is 6.58. The van der Waals surface area contributed by atoms with E-state index in [0.29, 0.717) is 24.4 Å². The average molecular weight is 453 g/mol. The van der Waals surface area contributed by atoms with Gasteiger partial charge in [0.15, 0.2) is 5.16 Å². The number of amides is 2. The number of rotatable bonds is 9. The van der Waals surface area contributed by atoms with Gasteiger partial charge in [-0.1, -0.05) is 48.9 Å². The molecule has 1 aliphatic rings. The predicted molar refractivity (Wildman–Crippen MR) is 127 cm³/mol. The molecule has 0 aliphatic heterocycles. The highest BCUT2D eigenvalue weighted by Gasteiger charge is 2.20. The van der Waals surface area contributed by atoms with Crippen LogP contribution >= 0.6 is 11.8 Å². The minimum Gasteiger partial charge on any atom is -0.383 e. The Balaban J connectivity index is 1.42. The van der Waals surface area contributed by atoms with Crippen LogP contribution in [0.4, 0.5) is 5.69 Å². The number of carbonyl (C=O) groups excluding carboxylic acids is 2. The number of aromatic nitrogens is 2. The maximum atomic E-state index is 12.7. The van der Waals surface area contributed by atoms with E-state index in [1.54, 1.807) is 19.2 Å². The summed E-state index contributed by atoms with van der Waals surface area (Å²) >= 11 is 1.37. The minimum absolute atomic E-state index is 0.137. The number of hydrogen-bond acceptors (Lipinski definition) is 5. The molecular formula is C24H28N4O3S. The molecule has 1 heterocycles. The van der Waals surface area contributed by atoms with Crippen LogP contribution in [0.15, 0.2) is 53.7 Å². The molecule has 0 radical (unpaired) electrons. The van der Waals surface area contributed by atoms with Gasteiger partial charge in [-0.2, -0.15) is 0 Å². The molecule has 0 atom stereocenters. The molecule has 32 heavy (non-hydrogen) atoms.